The second-order valence-electron chi connectivity index (χ2n) is 9.26. The van der Waals surface area contributed by atoms with Crippen molar-refractivity contribution in [3.63, 3.8) is 0 Å². The molecule has 0 amide bonds. The number of nitrogens with zero attached hydrogens (tertiary/aromatic N) is 2. The molecular formula is C28H24N4O4. The zero-order valence-electron chi connectivity index (χ0n) is 19.6. The van der Waals surface area contributed by atoms with E-state index in [0.29, 0.717) is 22.8 Å². The van der Waals surface area contributed by atoms with Gasteiger partial charge in [-0.1, -0.05) is 60.6 Å². The number of hydrogen-bond acceptors (Lipinski definition) is 5. The van der Waals surface area contributed by atoms with Crippen molar-refractivity contribution >= 4 is 17.0 Å². The van der Waals surface area contributed by atoms with Crippen LogP contribution in [0.2, 0.25) is 0 Å². The number of aromatic carboxylic acids is 1. The molecule has 8 heteroatoms. The SMILES string of the molecule is CCC(c1ccc(-c2ccccc2)c(-c2noc(=O)[nH]2)c1)(c1nc2c(C(=O)O)cccc2[nH]1)C1CC1. The van der Waals surface area contributed by atoms with Crippen molar-refractivity contribution in [1.82, 2.24) is 20.1 Å². The molecule has 2 aromatic heterocycles. The van der Waals surface area contributed by atoms with E-state index in [0.717, 1.165) is 47.3 Å². The van der Waals surface area contributed by atoms with Gasteiger partial charge in [0, 0.05) is 5.56 Å². The monoisotopic (exact) mass is 480 g/mol. The van der Waals surface area contributed by atoms with E-state index in [2.05, 4.69) is 34.2 Å². The topological polar surface area (TPSA) is 125 Å². The van der Waals surface area contributed by atoms with Crippen molar-refractivity contribution in [1.29, 1.82) is 0 Å². The van der Waals surface area contributed by atoms with Gasteiger partial charge in [-0.05, 0) is 60.1 Å². The van der Waals surface area contributed by atoms with Crippen molar-refractivity contribution in [3.8, 4) is 22.5 Å². The molecule has 2 heterocycles. The first-order valence-corrected chi connectivity index (χ1v) is 12.0. The molecule has 3 N–H and O–H groups in total. The molecule has 36 heavy (non-hydrogen) atoms. The minimum atomic E-state index is -1.00. The van der Waals surface area contributed by atoms with Crippen LogP contribution in [0.5, 0.6) is 0 Å². The fourth-order valence-electron chi connectivity index (χ4n) is 5.45. The minimum absolute atomic E-state index is 0.177. The first-order chi connectivity index (χ1) is 17.5. The van der Waals surface area contributed by atoms with Gasteiger partial charge in [-0.15, -0.1) is 0 Å². The molecule has 0 radical (unpaired) electrons. The molecule has 0 spiro atoms. The molecule has 180 valence electrons. The third kappa shape index (κ3) is 3.45. The summed E-state index contributed by atoms with van der Waals surface area (Å²) < 4.78 is 4.85. The molecule has 0 aliphatic heterocycles. The number of para-hydroxylation sites is 1. The predicted molar refractivity (Wildman–Crippen MR) is 135 cm³/mol. The van der Waals surface area contributed by atoms with Gasteiger partial charge in [-0.25, -0.2) is 14.6 Å². The number of imidazole rings is 1. The largest absolute Gasteiger partial charge is 0.478 e. The van der Waals surface area contributed by atoms with E-state index >= 15 is 0 Å². The molecule has 5 aromatic rings. The molecule has 1 aliphatic rings. The fourth-order valence-corrected chi connectivity index (χ4v) is 5.45. The zero-order valence-corrected chi connectivity index (χ0v) is 19.6. The van der Waals surface area contributed by atoms with Crippen molar-refractivity contribution in [2.24, 2.45) is 5.92 Å². The van der Waals surface area contributed by atoms with Crippen LogP contribution in [0, 0.1) is 5.92 Å². The first kappa shape index (κ1) is 22.0. The Morgan fingerprint density at radius 3 is 2.53 bits per heavy atom. The lowest BCUT2D eigenvalue weighted by Gasteiger charge is -2.32. The average molecular weight is 481 g/mol. The summed E-state index contributed by atoms with van der Waals surface area (Å²) in [7, 11) is 0. The molecule has 1 atom stereocenters. The van der Waals surface area contributed by atoms with Crippen molar-refractivity contribution in [2.45, 2.75) is 31.6 Å². The summed E-state index contributed by atoms with van der Waals surface area (Å²) >= 11 is 0. The number of carboxylic acids is 1. The third-order valence-corrected chi connectivity index (χ3v) is 7.31. The number of aromatic nitrogens is 4. The standard InChI is InChI=1S/C28H24N4O4/c1-2-28(17-11-12-17,26-29-22-10-6-9-20(25(33)34)23(22)30-26)18-13-14-19(16-7-4-3-5-8-16)21(15-18)24-31-27(35)36-32-24/h3-10,13-15,17H,2,11-12H2,1H3,(H,29,30)(H,33,34)(H,31,32,35). The Labute approximate surface area is 206 Å². The van der Waals surface area contributed by atoms with E-state index in [1.54, 1.807) is 12.1 Å². The Kier molecular flexibility index (Phi) is 5.10. The van der Waals surface area contributed by atoms with Gasteiger partial charge in [-0.2, -0.15) is 0 Å². The van der Waals surface area contributed by atoms with E-state index in [1.807, 2.05) is 42.5 Å². The Morgan fingerprint density at radius 2 is 1.86 bits per heavy atom. The molecule has 6 rings (SSSR count). The summed E-state index contributed by atoms with van der Waals surface area (Å²) in [6, 6.07) is 21.3. The van der Waals surface area contributed by atoms with Gasteiger partial charge in [0.2, 0.25) is 0 Å². The summed E-state index contributed by atoms with van der Waals surface area (Å²) in [5.41, 5.74) is 4.57. The highest BCUT2D eigenvalue weighted by molar-refractivity contribution is 6.01. The zero-order chi connectivity index (χ0) is 24.9. The molecular weight excluding hydrogens is 456 g/mol. The molecule has 1 aliphatic carbocycles. The lowest BCUT2D eigenvalue weighted by atomic mass is 9.72. The fraction of sp³-hybridized carbons (Fsp3) is 0.214. The normalized spacial score (nSPS) is 15.1. The molecule has 1 saturated carbocycles. The van der Waals surface area contributed by atoms with Gasteiger partial charge < -0.3 is 10.1 Å². The van der Waals surface area contributed by atoms with Crippen LogP contribution in [0.3, 0.4) is 0 Å². The van der Waals surface area contributed by atoms with Gasteiger partial charge in [0.05, 0.1) is 16.5 Å². The average Bonchev–Trinajstić information content (AvgIpc) is 3.50. The smallest absolute Gasteiger partial charge is 0.439 e. The van der Waals surface area contributed by atoms with Crippen LogP contribution in [-0.4, -0.2) is 31.2 Å². The van der Waals surface area contributed by atoms with E-state index in [4.69, 9.17) is 9.51 Å². The van der Waals surface area contributed by atoms with E-state index < -0.39 is 17.1 Å². The maximum atomic E-state index is 11.8. The number of carboxylic acid groups (broad SMARTS) is 1. The number of carbonyl (C=O) groups is 1. The Hall–Kier alpha value is -4.46. The summed E-state index contributed by atoms with van der Waals surface area (Å²) in [6.45, 7) is 2.13. The van der Waals surface area contributed by atoms with Crippen molar-refractivity contribution in [3.05, 3.63) is 94.2 Å². The van der Waals surface area contributed by atoms with Crippen LogP contribution in [0.15, 0.2) is 76.0 Å². The highest BCUT2D eigenvalue weighted by atomic mass is 16.5. The van der Waals surface area contributed by atoms with E-state index in [9.17, 15) is 14.7 Å². The number of fused-ring (bicyclic) bond motifs is 1. The van der Waals surface area contributed by atoms with Gasteiger partial charge in [0.15, 0.2) is 5.82 Å². The molecule has 0 saturated heterocycles. The van der Waals surface area contributed by atoms with Crippen LogP contribution >= 0.6 is 0 Å². The number of benzene rings is 3. The third-order valence-electron chi connectivity index (χ3n) is 7.31. The quantitative estimate of drug-likeness (QED) is 0.287. The van der Waals surface area contributed by atoms with Gasteiger partial charge in [0.25, 0.3) is 0 Å². The highest BCUT2D eigenvalue weighted by Gasteiger charge is 2.49. The molecule has 1 unspecified atom stereocenters. The Bertz CT molecular complexity index is 1650. The van der Waals surface area contributed by atoms with Crippen LogP contribution in [0.1, 0.15) is 47.9 Å². The summed E-state index contributed by atoms with van der Waals surface area (Å²) in [6.07, 6.45) is 2.86. The van der Waals surface area contributed by atoms with Crippen LogP contribution < -0.4 is 5.76 Å². The van der Waals surface area contributed by atoms with Gasteiger partial charge in [0.1, 0.15) is 11.3 Å². The summed E-state index contributed by atoms with van der Waals surface area (Å²) in [4.78, 5) is 34.7. The number of aromatic amines is 2. The van der Waals surface area contributed by atoms with E-state index in [-0.39, 0.29) is 5.56 Å². The van der Waals surface area contributed by atoms with Crippen LogP contribution in [0.25, 0.3) is 33.5 Å². The van der Waals surface area contributed by atoms with Crippen LogP contribution in [-0.2, 0) is 5.41 Å². The molecule has 8 nitrogen and oxygen atoms in total. The maximum absolute atomic E-state index is 11.8. The summed E-state index contributed by atoms with van der Waals surface area (Å²) in [5, 5.41) is 13.7. The summed E-state index contributed by atoms with van der Waals surface area (Å²) in [5.74, 6) is -0.154. The predicted octanol–water partition coefficient (Wildman–Crippen LogP) is 5.38. The number of hydrogen-bond donors (Lipinski definition) is 3. The lowest BCUT2D eigenvalue weighted by Crippen LogP contribution is -2.31. The second kappa shape index (κ2) is 8.34. The maximum Gasteiger partial charge on any atom is 0.439 e. The minimum Gasteiger partial charge on any atom is -0.478 e. The number of H-pyrrole nitrogens is 2. The highest BCUT2D eigenvalue weighted by Crippen LogP contribution is 2.53. The second-order valence-corrected chi connectivity index (χ2v) is 9.26. The van der Waals surface area contributed by atoms with Gasteiger partial charge in [-0.3, -0.25) is 9.51 Å². The molecule has 3 aromatic carbocycles. The van der Waals surface area contributed by atoms with E-state index in [1.165, 1.54) is 0 Å². The van der Waals surface area contributed by atoms with Crippen molar-refractivity contribution in [2.75, 3.05) is 0 Å². The van der Waals surface area contributed by atoms with Crippen molar-refractivity contribution < 1.29 is 14.4 Å². The number of nitrogens with one attached hydrogen (secondary N) is 2. The number of rotatable bonds is 7. The Balaban J connectivity index is 1.59. The molecule has 0 bridgehead atoms. The first-order valence-electron chi connectivity index (χ1n) is 12.0. The molecule has 1 fully saturated rings. The van der Waals surface area contributed by atoms with Crippen LogP contribution in [0.4, 0.5) is 0 Å². The lowest BCUT2D eigenvalue weighted by molar-refractivity contribution is 0.0699. The Morgan fingerprint density at radius 1 is 1.06 bits per heavy atom. The van der Waals surface area contributed by atoms with Gasteiger partial charge >= 0.3 is 11.7 Å².